The van der Waals surface area contributed by atoms with Gasteiger partial charge in [0.2, 0.25) is 0 Å². The Bertz CT molecular complexity index is 596. The van der Waals surface area contributed by atoms with E-state index in [1.165, 1.54) is 12.1 Å². The Kier molecular flexibility index (Phi) is 6.03. The van der Waals surface area contributed by atoms with Gasteiger partial charge < -0.3 is 5.32 Å². The van der Waals surface area contributed by atoms with Crippen LogP contribution < -0.4 is 5.32 Å². The summed E-state index contributed by atoms with van der Waals surface area (Å²) in [6, 6.07) is 10.1. The van der Waals surface area contributed by atoms with Gasteiger partial charge in [0, 0.05) is 17.3 Å². The number of hydrogen-bond acceptors (Lipinski definition) is 2. The first-order valence-electron chi connectivity index (χ1n) is 6.66. The summed E-state index contributed by atoms with van der Waals surface area (Å²) in [5.41, 5.74) is 1.47. The van der Waals surface area contributed by atoms with Crippen LogP contribution in [0.4, 0.5) is 8.78 Å². The molecule has 1 nitrogen and oxygen atoms in total. The molecular formula is C16H16ClF2NS. The van der Waals surface area contributed by atoms with Crippen LogP contribution in [0.5, 0.6) is 0 Å². The van der Waals surface area contributed by atoms with Gasteiger partial charge in [0.25, 0.3) is 0 Å². The number of halogens is 3. The molecule has 0 aromatic heterocycles. The van der Waals surface area contributed by atoms with Crippen molar-refractivity contribution in [2.45, 2.75) is 24.1 Å². The lowest BCUT2D eigenvalue weighted by Gasteiger charge is -2.09. The molecule has 0 spiro atoms. The molecule has 2 aromatic carbocycles. The standard InChI is InChI=1S/C16H16ClF2NS/c1-2-20-9-11-7-14(18)16(15(19)8-11)21-10-12-5-3-4-6-13(12)17/h3-8,20H,2,9-10H2,1H3. The summed E-state index contributed by atoms with van der Waals surface area (Å²) in [7, 11) is 0. The smallest absolute Gasteiger partial charge is 0.140 e. The number of hydrogen-bond donors (Lipinski definition) is 1. The highest BCUT2D eigenvalue weighted by Gasteiger charge is 2.12. The van der Waals surface area contributed by atoms with E-state index in [9.17, 15) is 8.78 Å². The van der Waals surface area contributed by atoms with Gasteiger partial charge in [-0.05, 0) is 35.9 Å². The van der Waals surface area contributed by atoms with E-state index >= 15 is 0 Å². The lowest BCUT2D eigenvalue weighted by molar-refractivity contribution is 0.535. The van der Waals surface area contributed by atoms with Crippen molar-refractivity contribution in [1.82, 2.24) is 5.32 Å². The van der Waals surface area contributed by atoms with Crippen molar-refractivity contribution in [1.29, 1.82) is 0 Å². The Morgan fingerprint density at radius 3 is 2.43 bits per heavy atom. The number of thioether (sulfide) groups is 1. The van der Waals surface area contributed by atoms with Crippen LogP contribution in [-0.2, 0) is 12.3 Å². The first-order chi connectivity index (χ1) is 10.1. The van der Waals surface area contributed by atoms with E-state index in [1.807, 2.05) is 25.1 Å². The first-order valence-corrected chi connectivity index (χ1v) is 8.03. The molecule has 0 heterocycles. The first kappa shape index (κ1) is 16.3. The molecule has 0 bridgehead atoms. The zero-order valence-electron chi connectivity index (χ0n) is 11.6. The maximum Gasteiger partial charge on any atom is 0.140 e. The zero-order chi connectivity index (χ0) is 15.2. The van der Waals surface area contributed by atoms with Crippen molar-refractivity contribution < 1.29 is 8.78 Å². The van der Waals surface area contributed by atoms with Crippen molar-refractivity contribution >= 4 is 23.4 Å². The Labute approximate surface area is 132 Å². The highest BCUT2D eigenvalue weighted by Crippen LogP contribution is 2.31. The molecule has 1 N–H and O–H groups in total. The van der Waals surface area contributed by atoms with Crippen LogP contribution in [0.15, 0.2) is 41.3 Å². The van der Waals surface area contributed by atoms with Gasteiger partial charge in [-0.15, -0.1) is 11.8 Å². The molecule has 0 aliphatic heterocycles. The Morgan fingerprint density at radius 1 is 1.14 bits per heavy atom. The van der Waals surface area contributed by atoms with Crippen molar-refractivity contribution in [3.63, 3.8) is 0 Å². The number of nitrogens with one attached hydrogen (secondary N) is 1. The van der Waals surface area contributed by atoms with E-state index in [2.05, 4.69) is 5.32 Å². The summed E-state index contributed by atoms with van der Waals surface area (Å²) in [6.45, 7) is 3.16. The summed E-state index contributed by atoms with van der Waals surface area (Å²) in [4.78, 5) is 0.0372. The van der Waals surface area contributed by atoms with Gasteiger partial charge >= 0.3 is 0 Å². The van der Waals surface area contributed by atoms with E-state index in [0.717, 1.165) is 23.9 Å². The Balaban J connectivity index is 2.12. The summed E-state index contributed by atoms with van der Waals surface area (Å²) >= 11 is 7.16. The molecule has 0 radical (unpaired) electrons. The third kappa shape index (κ3) is 4.43. The fraction of sp³-hybridized carbons (Fsp3) is 0.250. The average molecular weight is 328 g/mol. The van der Waals surface area contributed by atoms with Crippen LogP contribution in [0.1, 0.15) is 18.1 Å². The number of benzene rings is 2. The molecular weight excluding hydrogens is 312 g/mol. The van der Waals surface area contributed by atoms with Gasteiger partial charge in [-0.25, -0.2) is 8.78 Å². The SMILES string of the molecule is CCNCc1cc(F)c(SCc2ccccc2Cl)c(F)c1. The summed E-state index contributed by atoms with van der Waals surface area (Å²) < 4.78 is 28.0. The second kappa shape index (κ2) is 7.78. The highest BCUT2D eigenvalue weighted by atomic mass is 35.5. The molecule has 0 aliphatic rings. The van der Waals surface area contributed by atoms with Crippen LogP contribution in [0.25, 0.3) is 0 Å². The highest BCUT2D eigenvalue weighted by molar-refractivity contribution is 7.98. The molecule has 0 amide bonds. The molecule has 5 heteroatoms. The second-order valence-corrected chi connectivity index (χ2v) is 5.94. The molecule has 0 unspecified atom stereocenters. The van der Waals surface area contributed by atoms with Crippen LogP contribution in [0.2, 0.25) is 5.02 Å². The van der Waals surface area contributed by atoms with Crippen molar-refractivity contribution in [3.8, 4) is 0 Å². The monoisotopic (exact) mass is 327 g/mol. The zero-order valence-corrected chi connectivity index (χ0v) is 13.2. The fourth-order valence-electron chi connectivity index (χ4n) is 1.89. The van der Waals surface area contributed by atoms with E-state index in [-0.39, 0.29) is 4.90 Å². The molecule has 0 fully saturated rings. The molecule has 0 saturated carbocycles. The van der Waals surface area contributed by atoms with Crippen LogP contribution in [-0.4, -0.2) is 6.54 Å². The molecule has 2 rings (SSSR count). The summed E-state index contributed by atoms with van der Waals surface area (Å²) in [5, 5.41) is 3.65. The minimum Gasteiger partial charge on any atom is -0.313 e. The third-order valence-corrected chi connectivity index (χ3v) is 4.47. The lowest BCUT2D eigenvalue weighted by atomic mass is 10.2. The van der Waals surface area contributed by atoms with Gasteiger partial charge in [0.1, 0.15) is 11.6 Å². The molecule has 0 atom stereocenters. The molecule has 112 valence electrons. The summed E-state index contributed by atoms with van der Waals surface area (Å²) in [6.07, 6.45) is 0. The fourth-order valence-corrected chi connectivity index (χ4v) is 3.11. The predicted molar refractivity (Wildman–Crippen MR) is 84.8 cm³/mol. The molecule has 21 heavy (non-hydrogen) atoms. The largest absolute Gasteiger partial charge is 0.313 e. The minimum absolute atomic E-state index is 0.0372. The van der Waals surface area contributed by atoms with Crippen molar-refractivity contribution in [2.24, 2.45) is 0 Å². The maximum atomic E-state index is 14.0. The van der Waals surface area contributed by atoms with Gasteiger partial charge in [-0.2, -0.15) is 0 Å². The maximum absolute atomic E-state index is 14.0. The van der Waals surface area contributed by atoms with Crippen LogP contribution >= 0.6 is 23.4 Å². The van der Waals surface area contributed by atoms with Crippen LogP contribution in [0.3, 0.4) is 0 Å². The Hall–Kier alpha value is -1.10. The van der Waals surface area contributed by atoms with E-state index < -0.39 is 11.6 Å². The number of rotatable bonds is 6. The minimum atomic E-state index is -0.528. The van der Waals surface area contributed by atoms with Crippen molar-refractivity contribution in [2.75, 3.05) is 6.54 Å². The van der Waals surface area contributed by atoms with E-state index in [1.54, 1.807) is 6.07 Å². The third-order valence-electron chi connectivity index (χ3n) is 2.97. The molecule has 0 saturated heterocycles. The van der Waals surface area contributed by atoms with E-state index in [4.69, 9.17) is 11.6 Å². The van der Waals surface area contributed by atoms with Gasteiger partial charge in [0.15, 0.2) is 0 Å². The topological polar surface area (TPSA) is 12.0 Å². The molecule has 0 aliphatic carbocycles. The van der Waals surface area contributed by atoms with E-state index in [0.29, 0.717) is 22.9 Å². The predicted octanol–water partition coefficient (Wildman–Crippen LogP) is 5.02. The summed E-state index contributed by atoms with van der Waals surface area (Å²) in [5.74, 6) is -0.625. The normalized spacial score (nSPS) is 10.9. The lowest BCUT2D eigenvalue weighted by Crippen LogP contribution is -2.12. The van der Waals surface area contributed by atoms with Crippen LogP contribution in [0, 0.1) is 11.6 Å². The molecule has 2 aromatic rings. The average Bonchev–Trinajstić information content (AvgIpc) is 2.46. The van der Waals surface area contributed by atoms with Crippen molar-refractivity contribution in [3.05, 3.63) is 64.2 Å². The van der Waals surface area contributed by atoms with Gasteiger partial charge in [-0.1, -0.05) is 36.7 Å². The second-order valence-electron chi connectivity index (χ2n) is 4.55. The Morgan fingerprint density at radius 2 is 1.81 bits per heavy atom. The van der Waals surface area contributed by atoms with Gasteiger partial charge in [-0.3, -0.25) is 0 Å². The quantitative estimate of drug-likeness (QED) is 0.748. The van der Waals surface area contributed by atoms with Gasteiger partial charge in [0.05, 0.1) is 4.90 Å².